The first-order chi connectivity index (χ1) is 18.0. The third kappa shape index (κ3) is 4.88. The monoisotopic (exact) mass is 616 g/mol. The lowest BCUT2D eigenvalue weighted by Gasteiger charge is -2.25. The number of hydrogen-bond acceptors (Lipinski definition) is 7. The van der Waals surface area contributed by atoms with Crippen molar-refractivity contribution in [3.05, 3.63) is 92.7 Å². The molecular weight excluding hydrogens is 595 g/mol. The standard InChI is InChI=1S/C25H22BrN4O6PS/c1-36-37(33)21-13-17(29-38(2,34)35)10-11-19(21)27-24(28-37)22-23(31)18-8-3-4-9-20(18)30(25(22)32)14-15-6-5-7-16(26)12-15/h3-13,29,31H,14H2,1-2H3,(H,27,28,33). The molecule has 1 aliphatic rings. The second kappa shape index (κ2) is 9.70. The van der Waals surface area contributed by atoms with Gasteiger partial charge >= 0.3 is 7.52 Å². The molecule has 5 rings (SSSR count). The number of nitrogens with one attached hydrogen (secondary N) is 2. The van der Waals surface area contributed by atoms with Gasteiger partial charge in [0, 0.05) is 22.7 Å². The van der Waals surface area contributed by atoms with E-state index in [0.29, 0.717) is 16.6 Å². The first-order valence-electron chi connectivity index (χ1n) is 11.2. The zero-order valence-electron chi connectivity index (χ0n) is 20.2. The number of para-hydroxylation sites is 1. The lowest BCUT2D eigenvalue weighted by atomic mass is 10.1. The molecule has 3 N–H and O–H groups in total. The summed E-state index contributed by atoms with van der Waals surface area (Å²) >= 11 is 3.45. The predicted molar refractivity (Wildman–Crippen MR) is 152 cm³/mol. The van der Waals surface area contributed by atoms with Gasteiger partial charge in [0.15, 0.2) is 5.84 Å². The van der Waals surface area contributed by atoms with Crippen molar-refractivity contribution in [2.75, 3.05) is 23.4 Å². The quantitative estimate of drug-likeness (QED) is 0.276. The van der Waals surface area contributed by atoms with Crippen LogP contribution in [0.3, 0.4) is 0 Å². The van der Waals surface area contributed by atoms with E-state index in [1.807, 2.05) is 24.3 Å². The highest BCUT2D eigenvalue weighted by atomic mass is 79.9. The number of halogens is 1. The molecule has 4 aromatic rings. The molecule has 1 unspecified atom stereocenters. The van der Waals surface area contributed by atoms with Crippen LogP contribution in [-0.2, 0) is 25.7 Å². The molecule has 0 bridgehead atoms. The Kier molecular flexibility index (Phi) is 6.68. The average Bonchev–Trinajstić information content (AvgIpc) is 2.86. The molecule has 2 heterocycles. The Morgan fingerprint density at radius 2 is 1.89 bits per heavy atom. The molecule has 1 aliphatic heterocycles. The van der Waals surface area contributed by atoms with Crippen LogP contribution in [-0.4, -0.2) is 37.3 Å². The summed E-state index contributed by atoms with van der Waals surface area (Å²) in [5.41, 5.74) is 1.12. The summed E-state index contributed by atoms with van der Waals surface area (Å²) in [6.07, 6.45) is 0.999. The average molecular weight is 617 g/mol. The Labute approximate surface area is 226 Å². The van der Waals surface area contributed by atoms with Gasteiger partial charge in [-0.1, -0.05) is 40.2 Å². The van der Waals surface area contributed by atoms with E-state index in [1.165, 1.54) is 29.9 Å². The van der Waals surface area contributed by atoms with E-state index in [1.54, 1.807) is 24.3 Å². The molecule has 38 heavy (non-hydrogen) atoms. The number of aromatic nitrogens is 1. The van der Waals surface area contributed by atoms with Crippen LogP contribution in [0.5, 0.6) is 5.75 Å². The van der Waals surface area contributed by atoms with Crippen LogP contribution in [0.15, 0.2) is 80.8 Å². The van der Waals surface area contributed by atoms with Crippen LogP contribution < -0.4 is 20.9 Å². The third-order valence-corrected chi connectivity index (χ3v) is 8.99. The van der Waals surface area contributed by atoms with Crippen LogP contribution in [0.25, 0.3) is 10.9 Å². The molecular formula is C25H22BrN4O6PS. The fraction of sp³-hybridized carbons (Fsp3) is 0.120. The van der Waals surface area contributed by atoms with Crippen molar-refractivity contribution in [1.82, 2.24) is 4.57 Å². The van der Waals surface area contributed by atoms with E-state index >= 15 is 0 Å². The maximum Gasteiger partial charge on any atom is 0.348 e. The lowest BCUT2D eigenvalue weighted by molar-refractivity contribution is 0.404. The molecule has 0 saturated carbocycles. The van der Waals surface area contributed by atoms with Crippen molar-refractivity contribution >= 4 is 66.9 Å². The molecule has 0 saturated heterocycles. The predicted octanol–water partition coefficient (Wildman–Crippen LogP) is 4.23. The smallest absolute Gasteiger partial charge is 0.348 e. The Bertz CT molecular complexity index is 1850. The number of aromatic hydroxyl groups is 1. The summed E-state index contributed by atoms with van der Waals surface area (Å²) in [6.45, 7) is 0.207. The largest absolute Gasteiger partial charge is 0.506 e. The summed E-state index contributed by atoms with van der Waals surface area (Å²) in [5.74, 6) is -0.438. The summed E-state index contributed by atoms with van der Waals surface area (Å²) in [7, 11) is -6.34. The fourth-order valence-corrected chi connectivity index (χ4v) is 6.85. The van der Waals surface area contributed by atoms with E-state index in [-0.39, 0.29) is 34.7 Å². The molecule has 0 spiro atoms. The van der Waals surface area contributed by atoms with Gasteiger partial charge in [-0.25, -0.2) is 8.42 Å². The molecule has 10 nitrogen and oxygen atoms in total. The number of benzene rings is 3. The molecule has 1 atom stereocenters. The highest BCUT2D eigenvalue weighted by molar-refractivity contribution is 9.10. The zero-order valence-corrected chi connectivity index (χ0v) is 23.5. The third-order valence-electron chi connectivity index (χ3n) is 5.95. The molecule has 0 amide bonds. The summed E-state index contributed by atoms with van der Waals surface area (Å²) < 4.78 is 51.4. The van der Waals surface area contributed by atoms with Gasteiger partial charge in [-0.15, -0.1) is 0 Å². The van der Waals surface area contributed by atoms with E-state index < -0.39 is 23.1 Å². The van der Waals surface area contributed by atoms with Crippen molar-refractivity contribution in [1.29, 1.82) is 0 Å². The van der Waals surface area contributed by atoms with Crippen molar-refractivity contribution < 1.29 is 22.6 Å². The van der Waals surface area contributed by atoms with Gasteiger partial charge in [-0.2, -0.15) is 4.76 Å². The minimum Gasteiger partial charge on any atom is -0.506 e. The van der Waals surface area contributed by atoms with Gasteiger partial charge < -0.3 is 19.5 Å². The number of sulfonamides is 1. The molecule has 1 aromatic heterocycles. The normalized spacial score (nSPS) is 17.0. The molecule has 0 radical (unpaired) electrons. The second-order valence-corrected chi connectivity index (χ2v) is 13.4. The van der Waals surface area contributed by atoms with Gasteiger partial charge in [0.25, 0.3) is 5.56 Å². The Morgan fingerprint density at radius 1 is 1.13 bits per heavy atom. The maximum absolute atomic E-state index is 13.9. The molecule has 196 valence electrons. The number of hydrogen-bond donors (Lipinski definition) is 3. The van der Waals surface area contributed by atoms with E-state index in [0.717, 1.165) is 16.3 Å². The van der Waals surface area contributed by atoms with Crippen LogP contribution in [0.1, 0.15) is 11.1 Å². The zero-order chi connectivity index (χ0) is 27.2. The summed E-state index contributed by atoms with van der Waals surface area (Å²) in [5, 5.41) is 14.7. The van der Waals surface area contributed by atoms with Gasteiger partial charge in [-0.05, 0) is 48.0 Å². The van der Waals surface area contributed by atoms with Crippen LogP contribution in [0, 0.1) is 0 Å². The first kappa shape index (κ1) is 26.2. The van der Waals surface area contributed by atoms with Gasteiger partial charge in [0.2, 0.25) is 10.0 Å². The highest BCUT2D eigenvalue weighted by Gasteiger charge is 2.35. The maximum atomic E-state index is 13.9. The molecule has 13 heteroatoms. The van der Waals surface area contributed by atoms with Gasteiger partial charge in [-0.3, -0.25) is 14.1 Å². The van der Waals surface area contributed by atoms with Crippen LogP contribution in [0.4, 0.5) is 11.4 Å². The number of anilines is 2. The molecule has 0 fully saturated rings. The molecule has 0 aliphatic carbocycles. The summed E-state index contributed by atoms with van der Waals surface area (Å²) in [6, 6.07) is 18.8. The number of nitrogens with zero attached hydrogens (tertiary/aromatic N) is 2. The first-order valence-corrected chi connectivity index (χ1v) is 15.5. The van der Waals surface area contributed by atoms with Crippen molar-refractivity contribution in [3.63, 3.8) is 0 Å². The van der Waals surface area contributed by atoms with Crippen molar-refractivity contribution in [3.8, 4) is 5.75 Å². The Balaban J connectivity index is 1.70. The van der Waals surface area contributed by atoms with E-state index in [2.05, 4.69) is 30.7 Å². The minimum atomic E-state index is -3.96. The Hall–Kier alpha value is -3.44. The van der Waals surface area contributed by atoms with Gasteiger partial charge in [0.05, 0.1) is 29.3 Å². The van der Waals surface area contributed by atoms with Crippen LogP contribution >= 0.6 is 23.4 Å². The minimum absolute atomic E-state index is 0.118. The number of fused-ring (bicyclic) bond motifs is 2. The van der Waals surface area contributed by atoms with E-state index in [4.69, 9.17) is 4.52 Å². The number of pyridine rings is 1. The highest BCUT2D eigenvalue weighted by Crippen LogP contribution is 2.52. The number of rotatable bonds is 6. The SMILES string of the molecule is COP1(=O)N=C(c2c(O)c3ccccc3n(Cc3cccc(Br)c3)c2=O)Nc2ccc(NS(C)(=O)=O)cc21. The summed E-state index contributed by atoms with van der Waals surface area (Å²) in [4.78, 5) is 13.9. The van der Waals surface area contributed by atoms with Crippen molar-refractivity contribution in [2.24, 2.45) is 4.76 Å². The lowest BCUT2D eigenvalue weighted by Crippen LogP contribution is -2.33. The topological polar surface area (TPSA) is 139 Å². The molecule has 3 aromatic carbocycles. The van der Waals surface area contributed by atoms with E-state index in [9.17, 15) is 22.9 Å². The second-order valence-electron chi connectivity index (χ2n) is 8.64. The fourth-order valence-electron chi connectivity index (χ4n) is 4.32. The van der Waals surface area contributed by atoms with Gasteiger partial charge in [0.1, 0.15) is 11.3 Å². The Morgan fingerprint density at radius 3 is 2.61 bits per heavy atom. The van der Waals surface area contributed by atoms with Crippen LogP contribution in [0.2, 0.25) is 0 Å². The number of amidine groups is 1. The van der Waals surface area contributed by atoms with Crippen molar-refractivity contribution in [2.45, 2.75) is 6.54 Å².